The molecule has 0 saturated heterocycles. The van der Waals surface area contributed by atoms with Gasteiger partial charge < -0.3 is 10.1 Å². The number of hydrogen-bond donors (Lipinski definition) is 1. The zero-order chi connectivity index (χ0) is 9.36. The highest BCUT2D eigenvalue weighted by molar-refractivity contribution is 4.68. The maximum Gasteiger partial charge on any atom is 0.0594 e. The molecule has 0 aromatic rings. The Hall–Kier alpha value is -0.340. The van der Waals surface area contributed by atoms with Crippen molar-refractivity contribution < 1.29 is 4.74 Å². The highest BCUT2D eigenvalue weighted by Crippen LogP contribution is 2.20. The van der Waals surface area contributed by atoms with Crippen LogP contribution in [0.1, 0.15) is 32.1 Å². The maximum atomic E-state index is 5.69. The molecule has 0 aromatic carbocycles. The number of rotatable bonds is 7. The lowest BCUT2D eigenvalue weighted by Crippen LogP contribution is -2.22. The summed E-state index contributed by atoms with van der Waals surface area (Å²) in [6.07, 6.45) is 8.79. The van der Waals surface area contributed by atoms with Crippen molar-refractivity contribution >= 4 is 0 Å². The van der Waals surface area contributed by atoms with Crippen molar-refractivity contribution in [3.05, 3.63) is 12.7 Å². The van der Waals surface area contributed by atoms with E-state index in [1.54, 1.807) is 0 Å². The lowest BCUT2D eigenvalue weighted by Gasteiger charge is -2.10. The van der Waals surface area contributed by atoms with Crippen LogP contribution in [-0.4, -0.2) is 25.8 Å². The summed E-state index contributed by atoms with van der Waals surface area (Å²) in [7, 11) is 0. The monoisotopic (exact) mass is 183 g/mol. The van der Waals surface area contributed by atoms with Crippen LogP contribution < -0.4 is 5.32 Å². The van der Waals surface area contributed by atoms with Gasteiger partial charge in [0.05, 0.1) is 12.7 Å². The first-order valence-electron chi connectivity index (χ1n) is 5.36. The topological polar surface area (TPSA) is 21.3 Å². The summed E-state index contributed by atoms with van der Waals surface area (Å²) in [4.78, 5) is 0. The fraction of sp³-hybridized carbons (Fsp3) is 0.818. The van der Waals surface area contributed by atoms with Crippen LogP contribution in [0.5, 0.6) is 0 Å². The molecule has 2 heteroatoms. The zero-order valence-corrected chi connectivity index (χ0v) is 8.43. The third-order valence-electron chi connectivity index (χ3n) is 2.46. The van der Waals surface area contributed by atoms with Crippen molar-refractivity contribution in [1.82, 2.24) is 5.32 Å². The molecule has 0 aliphatic heterocycles. The smallest absolute Gasteiger partial charge is 0.0594 e. The Morgan fingerprint density at radius 1 is 1.31 bits per heavy atom. The minimum atomic E-state index is 0.557. The Bertz CT molecular complexity index is 130. The molecule has 0 aromatic heterocycles. The van der Waals surface area contributed by atoms with Crippen LogP contribution in [0.2, 0.25) is 0 Å². The zero-order valence-electron chi connectivity index (χ0n) is 8.43. The summed E-state index contributed by atoms with van der Waals surface area (Å²) >= 11 is 0. The van der Waals surface area contributed by atoms with Crippen LogP contribution in [0.4, 0.5) is 0 Å². The van der Waals surface area contributed by atoms with Crippen molar-refractivity contribution in [2.45, 2.75) is 38.2 Å². The molecule has 0 unspecified atom stereocenters. The van der Waals surface area contributed by atoms with E-state index in [-0.39, 0.29) is 0 Å². The highest BCUT2D eigenvalue weighted by atomic mass is 16.5. The van der Waals surface area contributed by atoms with E-state index >= 15 is 0 Å². The van der Waals surface area contributed by atoms with Crippen molar-refractivity contribution in [2.24, 2.45) is 0 Å². The lowest BCUT2D eigenvalue weighted by atomic mass is 10.3. The van der Waals surface area contributed by atoms with Crippen molar-refractivity contribution in [1.29, 1.82) is 0 Å². The van der Waals surface area contributed by atoms with E-state index in [1.807, 2.05) is 6.08 Å². The number of nitrogens with one attached hydrogen (secondary N) is 1. The van der Waals surface area contributed by atoms with Gasteiger partial charge in [-0.15, -0.1) is 6.58 Å². The molecule has 0 spiro atoms. The Morgan fingerprint density at radius 3 is 2.77 bits per heavy atom. The molecule has 1 aliphatic rings. The van der Waals surface area contributed by atoms with Gasteiger partial charge in [-0.05, 0) is 25.8 Å². The van der Waals surface area contributed by atoms with Crippen molar-refractivity contribution in [2.75, 3.05) is 19.7 Å². The molecule has 1 saturated carbocycles. The maximum absolute atomic E-state index is 5.69. The van der Waals surface area contributed by atoms with Gasteiger partial charge in [-0.2, -0.15) is 0 Å². The van der Waals surface area contributed by atoms with Gasteiger partial charge in [0.15, 0.2) is 0 Å². The van der Waals surface area contributed by atoms with Gasteiger partial charge in [0, 0.05) is 6.54 Å². The predicted octanol–water partition coefficient (Wildman–Crippen LogP) is 2.11. The summed E-state index contributed by atoms with van der Waals surface area (Å²) < 4.78 is 5.69. The molecular formula is C11H21NO. The Labute approximate surface area is 81.4 Å². The van der Waals surface area contributed by atoms with E-state index in [4.69, 9.17) is 4.74 Å². The Balaban J connectivity index is 1.80. The summed E-state index contributed by atoms with van der Waals surface area (Å²) in [6, 6.07) is 0. The molecule has 0 atom stereocenters. The van der Waals surface area contributed by atoms with E-state index in [2.05, 4.69) is 11.9 Å². The van der Waals surface area contributed by atoms with E-state index in [1.165, 1.54) is 25.7 Å². The first-order valence-corrected chi connectivity index (χ1v) is 5.36. The molecular weight excluding hydrogens is 162 g/mol. The molecule has 1 aliphatic carbocycles. The fourth-order valence-corrected chi connectivity index (χ4v) is 1.68. The van der Waals surface area contributed by atoms with Crippen molar-refractivity contribution in [3.63, 3.8) is 0 Å². The first kappa shape index (κ1) is 10.7. The van der Waals surface area contributed by atoms with Gasteiger partial charge in [0.25, 0.3) is 0 Å². The number of hydrogen-bond acceptors (Lipinski definition) is 2. The van der Waals surface area contributed by atoms with Gasteiger partial charge in [-0.1, -0.05) is 18.9 Å². The van der Waals surface area contributed by atoms with Gasteiger partial charge in [-0.25, -0.2) is 0 Å². The molecule has 0 heterocycles. The standard InChI is InChI=1S/C11H21NO/c1-2-3-8-12-9-10-13-11-6-4-5-7-11/h2,11-12H,1,3-10H2. The molecule has 1 rings (SSSR count). The molecule has 1 fully saturated rings. The molecule has 2 nitrogen and oxygen atoms in total. The van der Waals surface area contributed by atoms with Crippen LogP contribution in [0, 0.1) is 0 Å². The molecule has 0 radical (unpaired) electrons. The minimum Gasteiger partial charge on any atom is -0.377 e. The molecule has 1 N–H and O–H groups in total. The van der Waals surface area contributed by atoms with Crippen molar-refractivity contribution in [3.8, 4) is 0 Å². The minimum absolute atomic E-state index is 0.557. The van der Waals surface area contributed by atoms with Crippen LogP contribution in [-0.2, 0) is 4.74 Å². The van der Waals surface area contributed by atoms with Gasteiger partial charge >= 0.3 is 0 Å². The van der Waals surface area contributed by atoms with E-state index in [0.29, 0.717) is 6.10 Å². The third kappa shape index (κ3) is 5.06. The summed E-state index contributed by atoms with van der Waals surface area (Å²) in [6.45, 7) is 6.54. The largest absolute Gasteiger partial charge is 0.377 e. The van der Waals surface area contributed by atoms with E-state index in [9.17, 15) is 0 Å². The number of ether oxygens (including phenoxy) is 1. The van der Waals surface area contributed by atoms with E-state index in [0.717, 1.165) is 26.1 Å². The average molecular weight is 183 g/mol. The average Bonchev–Trinajstić information content (AvgIpc) is 2.63. The lowest BCUT2D eigenvalue weighted by molar-refractivity contribution is 0.0605. The molecule has 76 valence electrons. The second-order valence-electron chi connectivity index (χ2n) is 3.60. The van der Waals surface area contributed by atoms with Gasteiger partial charge in [0.2, 0.25) is 0 Å². The van der Waals surface area contributed by atoms with E-state index < -0.39 is 0 Å². The normalized spacial score (nSPS) is 17.8. The van der Waals surface area contributed by atoms with Gasteiger partial charge in [0.1, 0.15) is 0 Å². The van der Waals surface area contributed by atoms with Crippen LogP contribution >= 0.6 is 0 Å². The second kappa shape index (κ2) is 7.10. The molecule has 0 amide bonds. The summed E-state index contributed by atoms with van der Waals surface area (Å²) in [5.74, 6) is 0. The first-order chi connectivity index (χ1) is 6.43. The fourth-order valence-electron chi connectivity index (χ4n) is 1.68. The SMILES string of the molecule is C=CCCNCCOC1CCCC1. The second-order valence-corrected chi connectivity index (χ2v) is 3.60. The Kier molecular flexibility index (Phi) is 5.87. The Morgan fingerprint density at radius 2 is 2.08 bits per heavy atom. The van der Waals surface area contributed by atoms with Gasteiger partial charge in [-0.3, -0.25) is 0 Å². The molecule has 0 bridgehead atoms. The van der Waals surface area contributed by atoms with Crippen LogP contribution in [0.15, 0.2) is 12.7 Å². The predicted molar refractivity (Wildman–Crippen MR) is 55.9 cm³/mol. The third-order valence-corrected chi connectivity index (χ3v) is 2.46. The molecule has 13 heavy (non-hydrogen) atoms. The quantitative estimate of drug-likeness (QED) is 0.482. The highest BCUT2D eigenvalue weighted by Gasteiger charge is 2.14. The summed E-state index contributed by atoms with van der Waals surface area (Å²) in [5, 5.41) is 3.31. The summed E-state index contributed by atoms with van der Waals surface area (Å²) in [5.41, 5.74) is 0. The van der Waals surface area contributed by atoms with Crippen LogP contribution in [0.25, 0.3) is 0 Å². The van der Waals surface area contributed by atoms with Crippen LogP contribution in [0.3, 0.4) is 0 Å².